The summed E-state index contributed by atoms with van der Waals surface area (Å²) in [5.41, 5.74) is -2.34. The predicted molar refractivity (Wildman–Crippen MR) is 115 cm³/mol. The van der Waals surface area contributed by atoms with Crippen LogP contribution in [-0.4, -0.2) is 63.9 Å². The van der Waals surface area contributed by atoms with Crippen molar-refractivity contribution in [1.82, 2.24) is 18.8 Å². The second-order valence-electron chi connectivity index (χ2n) is 8.05. The van der Waals surface area contributed by atoms with Gasteiger partial charge >= 0.3 is 0 Å². The van der Waals surface area contributed by atoms with E-state index in [9.17, 15) is 27.1 Å². The first-order valence-corrected chi connectivity index (χ1v) is 11.9. The number of pyridine rings is 1. The Morgan fingerprint density at radius 2 is 2.03 bits per heavy atom. The number of halogens is 2. The molecule has 0 amide bonds. The number of aliphatic hydroxyl groups excluding tert-OH is 1. The molecule has 2 aromatic heterocycles. The van der Waals surface area contributed by atoms with E-state index in [4.69, 9.17) is 6.85 Å². The van der Waals surface area contributed by atoms with Crippen LogP contribution in [0.1, 0.15) is 57.4 Å². The molecule has 9 nitrogen and oxygen atoms in total. The van der Waals surface area contributed by atoms with Crippen molar-refractivity contribution in [1.29, 1.82) is 0 Å². The minimum Gasteiger partial charge on any atom is -0.393 e. The lowest BCUT2D eigenvalue weighted by atomic mass is 10.0. The average Bonchev–Trinajstić information content (AvgIpc) is 3.06. The SMILES string of the molecule is [2H]C(F)(F)c1cc2cnc(NC3C([2H])([2H])CN(S(C)(=O)=O)CC3([2H])[2H])nc2n([C@@H]2CC[C@@H](O)[C@H]2C)c1=O. The second-order valence-corrected chi connectivity index (χ2v) is 10.0. The van der Waals surface area contributed by atoms with Gasteiger partial charge in [0.25, 0.3) is 12.0 Å². The van der Waals surface area contributed by atoms with Crippen LogP contribution < -0.4 is 10.9 Å². The van der Waals surface area contributed by atoms with Crippen LogP contribution in [0.5, 0.6) is 0 Å². The zero-order chi connectivity index (χ0) is 27.7. The Bertz CT molecular complexity index is 1370. The van der Waals surface area contributed by atoms with Crippen LogP contribution in [0.25, 0.3) is 11.0 Å². The third-order valence-corrected chi connectivity index (χ3v) is 7.16. The fraction of sp³-hybridized carbons (Fsp3) is 0.650. The van der Waals surface area contributed by atoms with E-state index in [1.54, 1.807) is 6.92 Å². The highest BCUT2D eigenvalue weighted by Crippen LogP contribution is 2.37. The maximum absolute atomic E-state index is 14.0. The predicted octanol–water partition coefficient (Wildman–Crippen LogP) is 1.90. The van der Waals surface area contributed by atoms with Crippen molar-refractivity contribution in [3.05, 3.63) is 28.2 Å². The Kier molecular flexibility index (Phi) is 4.67. The van der Waals surface area contributed by atoms with Crippen LogP contribution in [-0.2, 0) is 10.0 Å². The number of sulfonamides is 1. The Morgan fingerprint density at radius 1 is 1.34 bits per heavy atom. The molecule has 2 fully saturated rings. The van der Waals surface area contributed by atoms with Gasteiger partial charge in [0.1, 0.15) is 7.02 Å². The van der Waals surface area contributed by atoms with Gasteiger partial charge in [-0.25, -0.2) is 26.5 Å². The number of hydrogen-bond donors (Lipinski definition) is 2. The van der Waals surface area contributed by atoms with Gasteiger partial charge in [-0.15, -0.1) is 0 Å². The van der Waals surface area contributed by atoms with Gasteiger partial charge in [-0.3, -0.25) is 9.36 Å². The monoisotopic (exact) mass is 476 g/mol. The average molecular weight is 477 g/mol. The minimum atomic E-state index is -4.20. The number of anilines is 1. The summed E-state index contributed by atoms with van der Waals surface area (Å²) in [5, 5.41) is 12.8. The molecule has 2 N–H and O–H groups in total. The molecule has 3 atom stereocenters. The largest absolute Gasteiger partial charge is 0.393 e. The van der Waals surface area contributed by atoms with E-state index in [-0.39, 0.29) is 23.4 Å². The molecule has 176 valence electrons. The van der Waals surface area contributed by atoms with Crippen molar-refractivity contribution in [2.24, 2.45) is 5.92 Å². The molecule has 2 aliphatic rings. The molecule has 4 rings (SSSR count). The third-order valence-electron chi connectivity index (χ3n) is 5.97. The summed E-state index contributed by atoms with van der Waals surface area (Å²) in [7, 11) is -3.88. The molecule has 1 saturated carbocycles. The van der Waals surface area contributed by atoms with Crippen molar-refractivity contribution in [3.63, 3.8) is 0 Å². The number of fused-ring (bicyclic) bond motifs is 1. The lowest BCUT2D eigenvalue weighted by Crippen LogP contribution is -2.42. The molecule has 0 aromatic carbocycles. The molecule has 1 aliphatic heterocycles. The number of piperidine rings is 1. The fourth-order valence-electron chi connectivity index (χ4n) is 4.10. The Morgan fingerprint density at radius 3 is 2.59 bits per heavy atom. The minimum absolute atomic E-state index is 0.00131. The van der Waals surface area contributed by atoms with Crippen molar-refractivity contribution < 1.29 is 29.2 Å². The molecule has 12 heteroatoms. The van der Waals surface area contributed by atoms with Gasteiger partial charge < -0.3 is 10.4 Å². The molecule has 1 aliphatic carbocycles. The quantitative estimate of drug-likeness (QED) is 0.677. The van der Waals surface area contributed by atoms with E-state index >= 15 is 0 Å². The summed E-state index contributed by atoms with van der Waals surface area (Å²) < 4.78 is 94.0. The molecule has 1 saturated heterocycles. The molecule has 0 spiro atoms. The van der Waals surface area contributed by atoms with Gasteiger partial charge in [0.2, 0.25) is 16.0 Å². The van der Waals surface area contributed by atoms with Crippen molar-refractivity contribution >= 4 is 27.0 Å². The molecular weight excluding hydrogens is 444 g/mol. The molecule has 3 heterocycles. The van der Waals surface area contributed by atoms with Gasteiger partial charge in [0.05, 0.1) is 17.9 Å². The zero-order valence-corrected chi connectivity index (χ0v) is 18.2. The Balaban J connectivity index is 1.82. The molecule has 0 unspecified atom stereocenters. The highest BCUT2D eigenvalue weighted by Gasteiger charge is 2.35. The van der Waals surface area contributed by atoms with Crippen molar-refractivity contribution in [2.45, 2.75) is 57.1 Å². The second kappa shape index (κ2) is 8.64. The molecule has 0 bridgehead atoms. The topological polar surface area (TPSA) is 117 Å². The van der Waals surface area contributed by atoms with Gasteiger partial charge in [-0.2, -0.15) is 4.98 Å². The maximum Gasteiger partial charge on any atom is 0.269 e. The smallest absolute Gasteiger partial charge is 0.269 e. The van der Waals surface area contributed by atoms with Crippen LogP contribution in [0.3, 0.4) is 0 Å². The van der Waals surface area contributed by atoms with E-state index in [2.05, 4.69) is 15.3 Å². The number of nitrogens with zero attached hydrogens (tertiary/aromatic N) is 4. The van der Waals surface area contributed by atoms with Gasteiger partial charge in [0.15, 0.2) is 0 Å². The summed E-state index contributed by atoms with van der Waals surface area (Å²) in [4.78, 5) is 21.4. The van der Waals surface area contributed by atoms with E-state index in [0.717, 1.165) is 23.1 Å². The molecular formula is C20H27F2N5O4S. The summed E-state index contributed by atoms with van der Waals surface area (Å²) in [6, 6.07) is -1.50. The van der Waals surface area contributed by atoms with Crippen LogP contribution in [0.2, 0.25) is 0 Å². The van der Waals surface area contributed by atoms with E-state index in [0.29, 0.717) is 10.7 Å². The summed E-state index contributed by atoms with van der Waals surface area (Å²) >= 11 is 0. The lowest BCUT2D eigenvalue weighted by molar-refractivity contribution is 0.127. The van der Waals surface area contributed by atoms with Crippen molar-refractivity contribution in [3.8, 4) is 0 Å². The summed E-state index contributed by atoms with van der Waals surface area (Å²) in [5.74, 6) is -0.798. The molecule has 32 heavy (non-hydrogen) atoms. The van der Waals surface area contributed by atoms with Crippen LogP contribution in [0, 0.1) is 5.92 Å². The van der Waals surface area contributed by atoms with Gasteiger partial charge in [-0.1, -0.05) is 6.92 Å². The number of aliphatic hydroxyl groups is 1. The highest BCUT2D eigenvalue weighted by molar-refractivity contribution is 7.88. The Hall–Kier alpha value is -2.18. The van der Waals surface area contributed by atoms with Crippen molar-refractivity contribution in [2.75, 3.05) is 24.7 Å². The van der Waals surface area contributed by atoms with Crippen LogP contribution >= 0.6 is 0 Å². The first-order chi connectivity index (χ1) is 16.8. The first-order valence-electron chi connectivity index (χ1n) is 12.5. The number of nitrogens with one attached hydrogen (secondary N) is 1. The number of aromatic nitrogens is 3. The summed E-state index contributed by atoms with van der Waals surface area (Å²) in [6.45, 7) is 0.409. The third kappa shape index (κ3) is 4.35. The standard InChI is InChI=1S/C20H27F2N5O4S/c1-11-15(3-4-16(11)28)27-18-12(9-14(17(21)22)19(27)29)10-23-20(25-18)24-13-5-7-26(8-6-13)32(2,30)31/h9-11,13,15-17,28H,3-8H2,1-2H3,(H,23,24,25)/t11-,15+,16+/m0/s1/i5D2,6D2,17D. The number of hydrogen-bond acceptors (Lipinski definition) is 7. The maximum atomic E-state index is 14.0. The normalized spacial score (nSPS) is 31.4. The highest BCUT2D eigenvalue weighted by atomic mass is 32.2. The Labute approximate surface area is 191 Å². The summed E-state index contributed by atoms with van der Waals surface area (Å²) in [6.07, 6.45) is -7.23. The van der Waals surface area contributed by atoms with Gasteiger partial charge in [-0.05, 0) is 31.7 Å². The molecule has 2 aromatic rings. The number of rotatable bonds is 5. The van der Waals surface area contributed by atoms with Crippen LogP contribution in [0.15, 0.2) is 17.1 Å². The van der Waals surface area contributed by atoms with E-state index in [1.165, 1.54) is 0 Å². The van der Waals surface area contributed by atoms with Gasteiger partial charge in [0, 0.05) is 48.2 Å². The van der Waals surface area contributed by atoms with E-state index < -0.39 is 77.5 Å². The number of alkyl halides is 2. The first kappa shape index (κ1) is 17.3. The molecule has 0 radical (unpaired) electrons. The van der Waals surface area contributed by atoms with Crippen LogP contribution in [0.4, 0.5) is 14.7 Å². The lowest BCUT2D eigenvalue weighted by Gasteiger charge is -2.30. The van der Waals surface area contributed by atoms with E-state index in [1.807, 2.05) is 0 Å². The zero-order valence-electron chi connectivity index (χ0n) is 22.4. The fourth-order valence-corrected chi connectivity index (χ4v) is 4.72.